The van der Waals surface area contributed by atoms with Crippen molar-refractivity contribution in [1.82, 2.24) is 20.3 Å². The Kier molecular flexibility index (Phi) is 4.55. The van der Waals surface area contributed by atoms with Gasteiger partial charge in [0.15, 0.2) is 0 Å². The second kappa shape index (κ2) is 6.26. The summed E-state index contributed by atoms with van der Waals surface area (Å²) in [7, 11) is 1.74. The van der Waals surface area contributed by atoms with Crippen LogP contribution in [0, 0.1) is 0 Å². The molecule has 25 heavy (non-hydrogen) atoms. The summed E-state index contributed by atoms with van der Waals surface area (Å²) in [4.78, 5) is 0. The summed E-state index contributed by atoms with van der Waals surface area (Å²) < 4.78 is 40.2. The van der Waals surface area contributed by atoms with Gasteiger partial charge in [0.1, 0.15) is 0 Å². The van der Waals surface area contributed by atoms with Crippen molar-refractivity contribution in [3.63, 3.8) is 0 Å². The van der Waals surface area contributed by atoms with Crippen LogP contribution in [0.15, 0.2) is 24.4 Å². The number of piperidine rings is 1. The molecule has 2 heterocycles. The van der Waals surface area contributed by atoms with Gasteiger partial charge < -0.3 is 10.4 Å². The predicted octanol–water partition coefficient (Wildman–Crippen LogP) is 3.19. The highest BCUT2D eigenvalue weighted by Gasteiger charge is 2.41. The number of benzene rings is 1. The summed E-state index contributed by atoms with van der Waals surface area (Å²) in [6.07, 6.45) is -2.17. The zero-order chi connectivity index (χ0) is 18.4. The van der Waals surface area contributed by atoms with Crippen LogP contribution in [0.4, 0.5) is 13.2 Å². The van der Waals surface area contributed by atoms with E-state index in [-0.39, 0.29) is 18.5 Å². The normalized spacial score (nSPS) is 27.5. The van der Waals surface area contributed by atoms with Crippen LogP contribution < -0.4 is 5.32 Å². The molecule has 0 radical (unpaired) electrons. The van der Waals surface area contributed by atoms with Gasteiger partial charge in [0.2, 0.25) is 0 Å². The van der Waals surface area contributed by atoms with Gasteiger partial charge in [-0.1, -0.05) is 22.9 Å². The smallest absolute Gasteiger partial charge is 0.385 e. The van der Waals surface area contributed by atoms with Crippen LogP contribution in [-0.2, 0) is 18.8 Å². The molecule has 1 fully saturated rings. The lowest BCUT2D eigenvalue weighted by molar-refractivity contribution is -0.137. The summed E-state index contributed by atoms with van der Waals surface area (Å²) in [5.41, 5.74) is -1.17. The van der Waals surface area contributed by atoms with Gasteiger partial charge in [-0.3, -0.25) is 4.68 Å². The number of nitrogens with zero attached hydrogens (tertiary/aromatic N) is 3. The van der Waals surface area contributed by atoms with Crippen molar-refractivity contribution in [2.75, 3.05) is 0 Å². The molecule has 0 spiro atoms. The second-order valence-electron chi connectivity index (χ2n) is 6.57. The van der Waals surface area contributed by atoms with E-state index in [0.717, 1.165) is 6.07 Å². The first-order valence-corrected chi connectivity index (χ1v) is 8.18. The molecule has 0 aliphatic carbocycles. The molecule has 1 aromatic heterocycles. The number of aromatic nitrogens is 3. The Balaban J connectivity index is 1.93. The zero-order valence-corrected chi connectivity index (χ0v) is 14.4. The van der Waals surface area contributed by atoms with Gasteiger partial charge >= 0.3 is 6.18 Å². The number of aryl methyl sites for hydroxylation is 1. The number of hydrogen-bond acceptors (Lipinski definition) is 4. The molecule has 1 saturated heterocycles. The monoisotopic (exact) mass is 374 g/mol. The number of aliphatic hydroxyl groups is 1. The lowest BCUT2D eigenvalue weighted by atomic mass is 9.78. The van der Waals surface area contributed by atoms with Crippen LogP contribution in [0.1, 0.15) is 42.6 Å². The van der Waals surface area contributed by atoms with Crippen molar-refractivity contribution >= 4 is 11.6 Å². The molecule has 3 atom stereocenters. The third-order valence-corrected chi connectivity index (χ3v) is 4.77. The van der Waals surface area contributed by atoms with E-state index in [1.807, 2.05) is 6.92 Å². The van der Waals surface area contributed by atoms with E-state index < -0.39 is 22.4 Å². The van der Waals surface area contributed by atoms with E-state index in [1.54, 1.807) is 17.9 Å². The molecule has 0 bridgehead atoms. The SMILES string of the molecule is C[C@H]1C[C@@](O)(c2ccc(C(F)(F)F)c(Cl)c2)C[C@@H](c2cn(C)nn2)N1. The number of hydrogen-bond donors (Lipinski definition) is 2. The molecule has 2 N–H and O–H groups in total. The maximum Gasteiger partial charge on any atom is 0.417 e. The van der Waals surface area contributed by atoms with Crippen LogP contribution in [0.5, 0.6) is 0 Å². The van der Waals surface area contributed by atoms with Crippen LogP contribution in [0.2, 0.25) is 5.02 Å². The number of nitrogens with one attached hydrogen (secondary N) is 1. The molecule has 9 heteroatoms. The minimum Gasteiger partial charge on any atom is -0.385 e. The largest absolute Gasteiger partial charge is 0.417 e. The zero-order valence-electron chi connectivity index (χ0n) is 13.7. The fourth-order valence-corrected chi connectivity index (χ4v) is 3.66. The number of rotatable bonds is 2. The van der Waals surface area contributed by atoms with Gasteiger partial charge in [0.05, 0.1) is 27.9 Å². The van der Waals surface area contributed by atoms with Crippen LogP contribution in [0.3, 0.4) is 0 Å². The first kappa shape index (κ1) is 18.2. The standard InChI is InChI=1S/C16H18ClF3N4O/c1-9-6-15(25,7-13(21-9)14-8-24(2)23-22-14)10-3-4-11(12(17)5-10)16(18,19)20/h3-5,8-9,13,21,25H,6-7H2,1-2H3/t9-,13-,15-/m0/s1. The molecule has 136 valence electrons. The van der Waals surface area contributed by atoms with Gasteiger partial charge in [-0.2, -0.15) is 13.2 Å². The lowest BCUT2D eigenvalue weighted by Crippen LogP contribution is -2.47. The molecule has 1 aliphatic rings. The van der Waals surface area contributed by atoms with Crippen molar-refractivity contribution in [3.8, 4) is 0 Å². The lowest BCUT2D eigenvalue weighted by Gasteiger charge is -2.41. The minimum absolute atomic E-state index is 0.0631. The van der Waals surface area contributed by atoms with E-state index in [2.05, 4.69) is 15.6 Å². The molecular formula is C16H18ClF3N4O. The number of alkyl halides is 3. The Morgan fingerprint density at radius 1 is 1.36 bits per heavy atom. The van der Waals surface area contributed by atoms with E-state index in [0.29, 0.717) is 17.7 Å². The van der Waals surface area contributed by atoms with Gasteiger partial charge in [-0.25, -0.2) is 0 Å². The van der Waals surface area contributed by atoms with Crippen LogP contribution >= 0.6 is 11.6 Å². The van der Waals surface area contributed by atoms with Gasteiger partial charge in [0.25, 0.3) is 0 Å². The summed E-state index contributed by atoms with van der Waals surface area (Å²) in [6.45, 7) is 1.90. The van der Waals surface area contributed by atoms with E-state index in [4.69, 9.17) is 11.6 Å². The Hall–Kier alpha value is -1.64. The van der Waals surface area contributed by atoms with Crippen molar-refractivity contribution in [2.24, 2.45) is 7.05 Å². The fourth-order valence-electron chi connectivity index (χ4n) is 3.37. The summed E-state index contributed by atoms with van der Waals surface area (Å²) in [5.74, 6) is 0. The molecule has 1 aromatic carbocycles. The highest BCUT2D eigenvalue weighted by molar-refractivity contribution is 6.31. The second-order valence-corrected chi connectivity index (χ2v) is 6.98. The third kappa shape index (κ3) is 3.65. The predicted molar refractivity (Wildman–Crippen MR) is 85.9 cm³/mol. The minimum atomic E-state index is -4.53. The van der Waals surface area contributed by atoms with Gasteiger partial charge in [-0.05, 0) is 31.0 Å². The van der Waals surface area contributed by atoms with E-state index >= 15 is 0 Å². The average Bonchev–Trinajstić information content (AvgIpc) is 2.91. The maximum atomic E-state index is 12.9. The van der Waals surface area contributed by atoms with Crippen molar-refractivity contribution in [1.29, 1.82) is 0 Å². The molecule has 0 unspecified atom stereocenters. The number of halogens is 4. The molecule has 3 rings (SSSR count). The highest BCUT2D eigenvalue weighted by atomic mass is 35.5. The molecule has 5 nitrogen and oxygen atoms in total. The highest BCUT2D eigenvalue weighted by Crippen LogP contribution is 2.42. The Bertz CT molecular complexity index is 779. The maximum absolute atomic E-state index is 12.9. The van der Waals surface area contributed by atoms with Gasteiger partial charge in [-0.15, -0.1) is 5.10 Å². The van der Waals surface area contributed by atoms with Crippen LogP contribution in [0.25, 0.3) is 0 Å². The van der Waals surface area contributed by atoms with Crippen LogP contribution in [-0.4, -0.2) is 26.1 Å². The molecule has 0 amide bonds. The first-order valence-electron chi connectivity index (χ1n) is 7.80. The Morgan fingerprint density at radius 3 is 2.64 bits per heavy atom. The summed E-state index contributed by atoms with van der Waals surface area (Å²) >= 11 is 5.82. The molecule has 0 saturated carbocycles. The average molecular weight is 375 g/mol. The molecule has 2 aromatic rings. The first-order chi connectivity index (χ1) is 11.6. The van der Waals surface area contributed by atoms with Crippen molar-refractivity contribution in [2.45, 2.75) is 43.6 Å². The topological polar surface area (TPSA) is 63.0 Å². The van der Waals surface area contributed by atoms with E-state index in [9.17, 15) is 18.3 Å². The summed E-state index contributed by atoms with van der Waals surface area (Å²) in [5, 5.41) is 22.0. The Labute approximate surface area is 147 Å². The molecular weight excluding hydrogens is 357 g/mol. The quantitative estimate of drug-likeness (QED) is 0.847. The van der Waals surface area contributed by atoms with Gasteiger partial charge in [0, 0.05) is 25.7 Å². The summed E-state index contributed by atoms with van der Waals surface area (Å²) in [6, 6.07) is 3.09. The Morgan fingerprint density at radius 2 is 2.08 bits per heavy atom. The third-order valence-electron chi connectivity index (χ3n) is 4.46. The van der Waals surface area contributed by atoms with Crippen molar-refractivity contribution < 1.29 is 18.3 Å². The van der Waals surface area contributed by atoms with E-state index in [1.165, 1.54) is 12.1 Å². The van der Waals surface area contributed by atoms with Crippen molar-refractivity contribution in [3.05, 3.63) is 46.2 Å². The fraction of sp³-hybridized carbons (Fsp3) is 0.500. The molecule has 1 aliphatic heterocycles.